The van der Waals surface area contributed by atoms with Crippen molar-refractivity contribution in [2.75, 3.05) is 0 Å². The Morgan fingerprint density at radius 2 is 1.81 bits per heavy atom. The van der Waals surface area contributed by atoms with E-state index in [0.717, 1.165) is 0 Å². The summed E-state index contributed by atoms with van der Waals surface area (Å²) in [6, 6.07) is 4.33. The third-order valence-corrected chi connectivity index (χ3v) is 2.63. The molecule has 1 atom stereocenters. The molecule has 0 bridgehead atoms. The lowest BCUT2D eigenvalue weighted by Crippen LogP contribution is -2.45. The smallest absolute Gasteiger partial charge is 0.318 e. The molecule has 1 aromatic rings. The number of rotatable bonds is 5. The largest absolute Gasteiger partial charge is 0.452 e. The monoisotopic (exact) mass is 296 g/mol. The second kappa shape index (κ2) is 7.37. The molecular formula is C14H17FN2O4. The Morgan fingerprint density at radius 1 is 1.24 bits per heavy atom. The van der Waals surface area contributed by atoms with Crippen molar-refractivity contribution in [3.8, 4) is 0 Å². The van der Waals surface area contributed by atoms with Crippen LogP contribution in [-0.4, -0.2) is 24.0 Å². The lowest BCUT2D eigenvalue weighted by molar-refractivity contribution is -0.157. The number of ether oxygens (including phenoxy) is 1. The number of urea groups is 1. The molecule has 0 spiro atoms. The van der Waals surface area contributed by atoms with E-state index in [9.17, 15) is 18.8 Å². The quantitative estimate of drug-likeness (QED) is 0.796. The van der Waals surface area contributed by atoms with Crippen LogP contribution in [0.3, 0.4) is 0 Å². The average Bonchev–Trinajstić information content (AvgIpc) is 2.37. The van der Waals surface area contributed by atoms with Crippen molar-refractivity contribution >= 4 is 17.9 Å². The van der Waals surface area contributed by atoms with Crippen LogP contribution in [0.5, 0.6) is 0 Å². The van der Waals surface area contributed by atoms with Crippen LogP contribution in [0.1, 0.15) is 19.4 Å². The zero-order chi connectivity index (χ0) is 16.0. The summed E-state index contributed by atoms with van der Waals surface area (Å²) in [7, 11) is 0. The highest BCUT2D eigenvalue weighted by Crippen LogP contribution is 2.10. The number of primary amides is 1. The van der Waals surface area contributed by atoms with Gasteiger partial charge in [0, 0.05) is 0 Å². The summed E-state index contributed by atoms with van der Waals surface area (Å²) in [5.41, 5.74) is 5.41. The molecule has 6 nitrogen and oxygen atoms in total. The van der Waals surface area contributed by atoms with E-state index in [1.54, 1.807) is 13.8 Å². The number of hydrogen-bond donors (Lipinski definition) is 2. The molecule has 0 unspecified atom stereocenters. The molecule has 21 heavy (non-hydrogen) atoms. The Bertz CT molecular complexity index is 528. The van der Waals surface area contributed by atoms with E-state index >= 15 is 0 Å². The highest BCUT2D eigenvalue weighted by atomic mass is 19.1. The Balaban J connectivity index is 2.66. The number of imide groups is 1. The van der Waals surface area contributed by atoms with Crippen molar-refractivity contribution in [2.24, 2.45) is 11.7 Å². The molecule has 3 N–H and O–H groups in total. The molecule has 0 aliphatic carbocycles. The van der Waals surface area contributed by atoms with Gasteiger partial charge in [0.1, 0.15) is 5.82 Å². The molecule has 0 aromatic heterocycles. The molecule has 0 saturated carbocycles. The third kappa shape index (κ3) is 5.60. The van der Waals surface area contributed by atoms with Gasteiger partial charge in [0.05, 0.1) is 6.42 Å². The lowest BCUT2D eigenvalue weighted by atomic mass is 10.1. The molecule has 0 radical (unpaired) electrons. The first-order chi connectivity index (χ1) is 9.79. The van der Waals surface area contributed by atoms with Crippen molar-refractivity contribution in [3.63, 3.8) is 0 Å². The third-order valence-electron chi connectivity index (χ3n) is 2.63. The first-order valence-corrected chi connectivity index (χ1v) is 6.34. The van der Waals surface area contributed by atoms with Crippen molar-refractivity contribution in [1.29, 1.82) is 0 Å². The second-order valence-electron chi connectivity index (χ2n) is 4.81. The summed E-state index contributed by atoms with van der Waals surface area (Å²) < 4.78 is 17.8. The van der Waals surface area contributed by atoms with Gasteiger partial charge in [0.2, 0.25) is 0 Å². The molecule has 114 valence electrons. The Kier molecular flexibility index (Phi) is 5.83. The minimum absolute atomic E-state index is 0.104. The van der Waals surface area contributed by atoms with Crippen LogP contribution in [0, 0.1) is 11.7 Å². The van der Waals surface area contributed by atoms with E-state index in [2.05, 4.69) is 0 Å². The first-order valence-electron chi connectivity index (χ1n) is 6.34. The van der Waals surface area contributed by atoms with Crippen molar-refractivity contribution < 1.29 is 23.5 Å². The van der Waals surface area contributed by atoms with Gasteiger partial charge in [-0.2, -0.15) is 0 Å². The lowest BCUT2D eigenvalue weighted by Gasteiger charge is -2.19. The van der Waals surface area contributed by atoms with E-state index in [-0.39, 0.29) is 12.3 Å². The fourth-order valence-corrected chi connectivity index (χ4v) is 1.64. The van der Waals surface area contributed by atoms with Crippen LogP contribution in [0.15, 0.2) is 24.3 Å². The molecule has 3 amide bonds. The summed E-state index contributed by atoms with van der Waals surface area (Å²) in [4.78, 5) is 34.1. The Morgan fingerprint density at radius 3 is 2.29 bits per heavy atom. The molecular weight excluding hydrogens is 279 g/mol. The minimum Gasteiger partial charge on any atom is -0.452 e. The van der Waals surface area contributed by atoms with Crippen molar-refractivity contribution in [2.45, 2.75) is 26.4 Å². The summed E-state index contributed by atoms with van der Waals surface area (Å²) in [6.07, 6.45) is -1.22. The van der Waals surface area contributed by atoms with Crippen LogP contribution in [-0.2, 0) is 20.7 Å². The first kappa shape index (κ1) is 16.6. The fraction of sp³-hybridized carbons (Fsp3) is 0.357. The predicted octanol–water partition coefficient (Wildman–Crippen LogP) is 1.13. The zero-order valence-electron chi connectivity index (χ0n) is 11.8. The SMILES string of the molecule is CC(C)[C@H](OC(=O)Cc1ccc(F)cc1)C(=O)NC(N)=O. The summed E-state index contributed by atoms with van der Waals surface area (Å²) in [5, 5.41) is 1.87. The van der Waals surface area contributed by atoms with Gasteiger partial charge in [0.15, 0.2) is 6.10 Å². The Labute approximate surface area is 121 Å². The molecule has 0 aliphatic rings. The van der Waals surface area contributed by atoms with Gasteiger partial charge in [-0.1, -0.05) is 26.0 Å². The van der Waals surface area contributed by atoms with Crippen LogP contribution in [0.25, 0.3) is 0 Å². The maximum Gasteiger partial charge on any atom is 0.318 e. The fourth-order valence-electron chi connectivity index (χ4n) is 1.64. The van der Waals surface area contributed by atoms with Gasteiger partial charge in [-0.3, -0.25) is 14.9 Å². The van der Waals surface area contributed by atoms with Crippen LogP contribution in [0.2, 0.25) is 0 Å². The number of nitrogens with two attached hydrogens (primary N) is 1. The van der Waals surface area contributed by atoms with E-state index in [1.165, 1.54) is 24.3 Å². The van der Waals surface area contributed by atoms with Gasteiger partial charge in [0.25, 0.3) is 5.91 Å². The second-order valence-corrected chi connectivity index (χ2v) is 4.81. The van der Waals surface area contributed by atoms with E-state index in [4.69, 9.17) is 10.5 Å². The van der Waals surface area contributed by atoms with Gasteiger partial charge in [-0.15, -0.1) is 0 Å². The normalized spacial score (nSPS) is 11.8. The topological polar surface area (TPSA) is 98.5 Å². The van der Waals surface area contributed by atoms with Crippen LogP contribution < -0.4 is 11.1 Å². The van der Waals surface area contributed by atoms with Gasteiger partial charge in [-0.05, 0) is 23.6 Å². The van der Waals surface area contributed by atoms with E-state index in [0.29, 0.717) is 5.56 Å². The molecule has 1 aromatic carbocycles. The predicted molar refractivity (Wildman–Crippen MR) is 72.5 cm³/mol. The number of nitrogens with one attached hydrogen (secondary N) is 1. The molecule has 0 saturated heterocycles. The van der Waals surface area contributed by atoms with Crippen LogP contribution >= 0.6 is 0 Å². The number of halogens is 1. The molecule has 0 heterocycles. The molecule has 7 heteroatoms. The zero-order valence-corrected chi connectivity index (χ0v) is 11.8. The Hall–Kier alpha value is -2.44. The van der Waals surface area contributed by atoms with Gasteiger partial charge >= 0.3 is 12.0 Å². The van der Waals surface area contributed by atoms with E-state index in [1.807, 2.05) is 5.32 Å². The number of amides is 3. The number of carbonyl (C=O) groups is 3. The van der Waals surface area contributed by atoms with Gasteiger partial charge < -0.3 is 10.5 Å². The average molecular weight is 296 g/mol. The highest BCUT2D eigenvalue weighted by Gasteiger charge is 2.27. The standard InChI is InChI=1S/C14H17FN2O4/c1-8(2)12(13(19)17-14(16)20)21-11(18)7-9-3-5-10(15)6-4-9/h3-6,8,12H,7H2,1-2H3,(H3,16,17,19,20)/t12-/m0/s1. The molecule has 0 aliphatic heterocycles. The number of hydrogen-bond acceptors (Lipinski definition) is 4. The van der Waals surface area contributed by atoms with E-state index < -0.39 is 29.8 Å². The minimum atomic E-state index is -1.12. The highest BCUT2D eigenvalue weighted by molar-refractivity contribution is 5.96. The number of carbonyl (C=O) groups excluding carboxylic acids is 3. The summed E-state index contributed by atoms with van der Waals surface area (Å²) in [5.74, 6) is -2.17. The van der Waals surface area contributed by atoms with Crippen molar-refractivity contribution in [3.05, 3.63) is 35.6 Å². The molecule has 1 rings (SSSR count). The van der Waals surface area contributed by atoms with Gasteiger partial charge in [-0.25, -0.2) is 9.18 Å². The maximum absolute atomic E-state index is 12.8. The molecule has 0 fully saturated rings. The van der Waals surface area contributed by atoms with Crippen molar-refractivity contribution in [1.82, 2.24) is 5.32 Å². The maximum atomic E-state index is 12.8. The summed E-state index contributed by atoms with van der Waals surface area (Å²) >= 11 is 0. The summed E-state index contributed by atoms with van der Waals surface area (Å²) in [6.45, 7) is 3.33. The van der Waals surface area contributed by atoms with Crippen LogP contribution in [0.4, 0.5) is 9.18 Å². The number of esters is 1. The number of benzene rings is 1.